The van der Waals surface area contributed by atoms with Crippen LogP contribution in [0.4, 0.5) is 0 Å². The van der Waals surface area contributed by atoms with Gasteiger partial charge in [0, 0.05) is 17.1 Å². The highest BCUT2D eigenvalue weighted by molar-refractivity contribution is 9.10. The van der Waals surface area contributed by atoms with E-state index < -0.39 is 0 Å². The fourth-order valence-corrected chi connectivity index (χ4v) is 1.96. The second-order valence-electron chi connectivity index (χ2n) is 3.90. The van der Waals surface area contributed by atoms with Crippen molar-refractivity contribution < 1.29 is 5.11 Å². The van der Waals surface area contributed by atoms with Crippen molar-refractivity contribution in [1.82, 2.24) is 4.90 Å². The monoisotopic (exact) mass is 271 g/mol. The van der Waals surface area contributed by atoms with Gasteiger partial charge in [0.2, 0.25) is 0 Å². The van der Waals surface area contributed by atoms with Crippen LogP contribution in [0.15, 0.2) is 28.7 Å². The van der Waals surface area contributed by atoms with Crippen LogP contribution in [0.2, 0.25) is 0 Å². The number of benzene rings is 1. The van der Waals surface area contributed by atoms with Crippen LogP contribution in [-0.2, 0) is 0 Å². The average molecular weight is 272 g/mol. The van der Waals surface area contributed by atoms with Crippen LogP contribution in [-0.4, -0.2) is 30.7 Å². The number of halogens is 1. The normalized spacial score (nSPS) is 13.1. The van der Waals surface area contributed by atoms with Gasteiger partial charge in [-0.1, -0.05) is 28.1 Å². The predicted molar refractivity (Wildman–Crippen MR) is 66.9 cm³/mol. The molecule has 1 aromatic carbocycles. The zero-order valence-electron chi connectivity index (χ0n) is 9.28. The molecule has 0 saturated carbocycles. The van der Waals surface area contributed by atoms with E-state index in [9.17, 15) is 0 Å². The number of hydrogen-bond acceptors (Lipinski definition) is 2. The summed E-state index contributed by atoms with van der Waals surface area (Å²) >= 11 is 3.43. The van der Waals surface area contributed by atoms with Crippen molar-refractivity contribution in [2.24, 2.45) is 0 Å². The first-order valence-corrected chi connectivity index (χ1v) is 5.97. The molecule has 0 amide bonds. The van der Waals surface area contributed by atoms with Crippen LogP contribution in [0.5, 0.6) is 0 Å². The Morgan fingerprint density at radius 1 is 1.27 bits per heavy atom. The van der Waals surface area contributed by atoms with Crippen LogP contribution >= 0.6 is 15.9 Å². The summed E-state index contributed by atoms with van der Waals surface area (Å²) in [5.74, 6) is 0. The van der Waals surface area contributed by atoms with E-state index in [-0.39, 0.29) is 6.61 Å². The molecule has 84 valence electrons. The molecule has 1 unspecified atom stereocenters. The second-order valence-corrected chi connectivity index (χ2v) is 4.81. The van der Waals surface area contributed by atoms with Gasteiger partial charge in [-0.05, 0) is 44.6 Å². The van der Waals surface area contributed by atoms with Gasteiger partial charge in [-0.3, -0.25) is 0 Å². The molecule has 0 bridgehead atoms. The Labute approximate surface area is 100 Å². The molecule has 1 aromatic rings. The highest BCUT2D eigenvalue weighted by atomic mass is 79.9. The Morgan fingerprint density at radius 3 is 2.33 bits per heavy atom. The molecule has 1 rings (SSSR count). The highest BCUT2D eigenvalue weighted by Gasteiger charge is 2.12. The van der Waals surface area contributed by atoms with Gasteiger partial charge in [0.15, 0.2) is 0 Å². The van der Waals surface area contributed by atoms with Gasteiger partial charge in [-0.15, -0.1) is 0 Å². The Bertz CT molecular complexity index is 284. The van der Waals surface area contributed by atoms with Gasteiger partial charge in [0.1, 0.15) is 0 Å². The molecule has 0 radical (unpaired) electrons. The number of hydrogen-bond donors (Lipinski definition) is 1. The Kier molecular flexibility index (Phi) is 5.29. The third-order valence-electron chi connectivity index (χ3n) is 2.51. The van der Waals surface area contributed by atoms with E-state index in [1.807, 2.05) is 0 Å². The van der Waals surface area contributed by atoms with E-state index in [2.05, 4.69) is 59.2 Å². The van der Waals surface area contributed by atoms with E-state index in [1.54, 1.807) is 0 Å². The molecule has 0 spiro atoms. The number of aliphatic hydroxyl groups is 1. The summed E-state index contributed by atoms with van der Waals surface area (Å²) in [5, 5.41) is 8.86. The molecular weight excluding hydrogens is 254 g/mol. The maximum atomic E-state index is 8.86. The minimum atomic E-state index is 0.265. The molecule has 0 aliphatic carbocycles. The molecular formula is C12H18BrNO. The van der Waals surface area contributed by atoms with Gasteiger partial charge in [-0.25, -0.2) is 0 Å². The second kappa shape index (κ2) is 6.26. The van der Waals surface area contributed by atoms with Gasteiger partial charge in [-0.2, -0.15) is 0 Å². The summed E-state index contributed by atoms with van der Waals surface area (Å²) in [6.45, 7) is 0.265. The summed E-state index contributed by atoms with van der Waals surface area (Å²) in [5.41, 5.74) is 1.30. The molecule has 3 heteroatoms. The first kappa shape index (κ1) is 12.7. The molecule has 0 saturated heterocycles. The standard InChI is InChI=1S/C12H18BrNO/c1-14(2)12(4-3-9-15)10-5-7-11(13)8-6-10/h5-8,12,15H,3-4,9H2,1-2H3. The van der Waals surface area contributed by atoms with Crippen molar-refractivity contribution in [3.8, 4) is 0 Å². The van der Waals surface area contributed by atoms with Crippen molar-refractivity contribution in [3.63, 3.8) is 0 Å². The van der Waals surface area contributed by atoms with Crippen molar-refractivity contribution in [3.05, 3.63) is 34.3 Å². The summed E-state index contributed by atoms with van der Waals surface area (Å²) in [6, 6.07) is 8.78. The smallest absolute Gasteiger partial charge is 0.0431 e. The van der Waals surface area contributed by atoms with Crippen molar-refractivity contribution in [2.75, 3.05) is 20.7 Å². The molecule has 1 atom stereocenters. The van der Waals surface area contributed by atoms with Crippen LogP contribution in [0.25, 0.3) is 0 Å². The van der Waals surface area contributed by atoms with E-state index >= 15 is 0 Å². The molecule has 0 fully saturated rings. The first-order chi connectivity index (χ1) is 7.15. The number of rotatable bonds is 5. The van der Waals surface area contributed by atoms with Gasteiger partial charge in [0.25, 0.3) is 0 Å². The quantitative estimate of drug-likeness (QED) is 0.891. The summed E-state index contributed by atoms with van der Waals surface area (Å²) in [7, 11) is 4.15. The lowest BCUT2D eigenvalue weighted by Crippen LogP contribution is -2.20. The molecule has 2 nitrogen and oxygen atoms in total. The molecule has 1 N–H and O–H groups in total. The van der Waals surface area contributed by atoms with Crippen LogP contribution in [0.3, 0.4) is 0 Å². The largest absolute Gasteiger partial charge is 0.396 e. The van der Waals surface area contributed by atoms with Crippen LogP contribution in [0.1, 0.15) is 24.4 Å². The van der Waals surface area contributed by atoms with Crippen molar-refractivity contribution in [2.45, 2.75) is 18.9 Å². The number of nitrogens with zero attached hydrogens (tertiary/aromatic N) is 1. The highest BCUT2D eigenvalue weighted by Crippen LogP contribution is 2.24. The van der Waals surface area contributed by atoms with E-state index in [1.165, 1.54) is 5.56 Å². The van der Waals surface area contributed by atoms with Crippen LogP contribution in [0, 0.1) is 0 Å². The fourth-order valence-electron chi connectivity index (χ4n) is 1.69. The Morgan fingerprint density at radius 2 is 1.87 bits per heavy atom. The molecule has 0 heterocycles. The fraction of sp³-hybridized carbons (Fsp3) is 0.500. The Hall–Kier alpha value is -0.380. The third kappa shape index (κ3) is 3.93. The van der Waals surface area contributed by atoms with Gasteiger partial charge < -0.3 is 10.0 Å². The predicted octanol–water partition coefficient (Wildman–Crippen LogP) is 2.82. The van der Waals surface area contributed by atoms with E-state index in [0.29, 0.717) is 6.04 Å². The zero-order chi connectivity index (χ0) is 11.3. The SMILES string of the molecule is CN(C)C(CCCO)c1ccc(Br)cc1. The van der Waals surface area contributed by atoms with Gasteiger partial charge >= 0.3 is 0 Å². The lowest BCUT2D eigenvalue weighted by molar-refractivity contribution is 0.235. The van der Waals surface area contributed by atoms with E-state index in [4.69, 9.17) is 5.11 Å². The topological polar surface area (TPSA) is 23.5 Å². The Balaban J connectivity index is 2.74. The number of aliphatic hydroxyl groups excluding tert-OH is 1. The molecule has 0 aliphatic heterocycles. The maximum absolute atomic E-state index is 8.86. The molecule has 0 aliphatic rings. The van der Waals surface area contributed by atoms with Crippen LogP contribution < -0.4 is 0 Å². The maximum Gasteiger partial charge on any atom is 0.0431 e. The molecule has 0 aromatic heterocycles. The minimum absolute atomic E-state index is 0.265. The lowest BCUT2D eigenvalue weighted by Gasteiger charge is -2.24. The average Bonchev–Trinajstić information content (AvgIpc) is 2.21. The van der Waals surface area contributed by atoms with Crippen molar-refractivity contribution in [1.29, 1.82) is 0 Å². The minimum Gasteiger partial charge on any atom is -0.396 e. The van der Waals surface area contributed by atoms with E-state index in [0.717, 1.165) is 17.3 Å². The zero-order valence-corrected chi connectivity index (χ0v) is 10.9. The first-order valence-electron chi connectivity index (χ1n) is 5.18. The van der Waals surface area contributed by atoms with Crippen molar-refractivity contribution >= 4 is 15.9 Å². The summed E-state index contributed by atoms with van der Waals surface area (Å²) in [6.07, 6.45) is 1.84. The summed E-state index contributed by atoms with van der Waals surface area (Å²) < 4.78 is 1.10. The molecule has 15 heavy (non-hydrogen) atoms. The summed E-state index contributed by atoms with van der Waals surface area (Å²) in [4.78, 5) is 2.19. The van der Waals surface area contributed by atoms with Gasteiger partial charge in [0.05, 0.1) is 0 Å². The third-order valence-corrected chi connectivity index (χ3v) is 3.04. The lowest BCUT2D eigenvalue weighted by atomic mass is 10.0.